The van der Waals surface area contributed by atoms with Crippen molar-refractivity contribution in [3.05, 3.63) is 47.7 Å². The number of rotatable bonds is 6. The summed E-state index contributed by atoms with van der Waals surface area (Å²) in [7, 11) is 1.72. The van der Waals surface area contributed by atoms with Crippen molar-refractivity contribution in [2.45, 2.75) is 57.6 Å². The monoisotopic (exact) mass is 386 g/mol. The van der Waals surface area contributed by atoms with Gasteiger partial charge in [-0.15, -0.1) is 10.2 Å². The van der Waals surface area contributed by atoms with Gasteiger partial charge in [0.2, 0.25) is 11.8 Å². The van der Waals surface area contributed by atoms with Crippen LogP contribution in [0.3, 0.4) is 0 Å². The molecule has 1 fully saturated rings. The minimum atomic E-state index is -0.176. The van der Waals surface area contributed by atoms with E-state index in [9.17, 15) is 4.79 Å². The first-order chi connectivity index (χ1) is 13.3. The highest BCUT2D eigenvalue weighted by atomic mass is 16.5. The summed E-state index contributed by atoms with van der Waals surface area (Å²) < 4.78 is 11.3. The van der Waals surface area contributed by atoms with Gasteiger partial charge in [0.1, 0.15) is 6.54 Å². The van der Waals surface area contributed by atoms with Crippen LogP contribution in [-0.4, -0.2) is 46.9 Å². The number of hydrogen-bond acceptors (Lipinski definition) is 5. The van der Waals surface area contributed by atoms with Crippen LogP contribution in [0.1, 0.15) is 50.5 Å². The van der Waals surface area contributed by atoms with Crippen LogP contribution in [0.5, 0.6) is 0 Å². The summed E-state index contributed by atoms with van der Waals surface area (Å²) in [6, 6.07) is 10.4. The predicted octanol–water partition coefficient (Wildman–Crippen LogP) is 3.44. The van der Waals surface area contributed by atoms with Crippen LogP contribution >= 0.6 is 0 Å². The van der Waals surface area contributed by atoms with Crippen LogP contribution in [0.25, 0.3) is 0 Å². The molecule has 1 aromatic heterocycles. The molecule has 0 bridgehead atoms. The molecule has 1 aliphatic rings. The van der Waals surface area contributed by atoms with Crippen LogP contribution in [0.4, 0.5) is 4.79 Å². The molecule has 7 heteroatoms. The number of urea groups is 1. The lowest BCUT2D eigenvalue weighted by molar-refractivity contribution is -0.0838. The van der Waals surface area contributed by atoms with Gasteiger partial charge in [-0.25, -0.2) is 4.79 Å². The third-order valence-corrected chi connectivity index (χ3v) is 5.39. The molecular weight excluding hydrogens is 356 g/mol. The van der Waals surface area contributed by atoms with Crippen molar-refractivity contribution in [3.63, 3.8) is 0 Å². The SMILES string of the molecule is Cc1nnc(CN(C)C(=O)NCCC2(c3ccccc3)CCOC(C)(C)C2)o1. The Kier molecular flexibility index (Phi) is 6.03. The summed E-state index contributed by atoms with van der Waals surface area (Å²) in [5.74, 6) is 0.929. The Hall–Kier alpha value is -2.41. The third-order valence-electron chi connectivity index (χ3n) is 5.39. The molecule has 0 aliphatic carbocycles. The number of amides is 2. The molecule has 1 aromatic carbocycles. The molecule has 2 aromatic rings. The zero-order valence-electron chi connectivity index (χ0n) is 17.2. The average molecular weight is 386 g/mol. The normalized spacial score (nSPS) is 21.3. The number of benzene rings is 1. The van der Waals surface area contributed by atoms with Crippen molar-refractivity contribution in [1.82, 2.24) is 20.4 Å². The zero-order chi connectivity index (χ0) is 20.2. The smallest absolute Gasteiger partial charge is 0.317 e. The van der Waals surface area contributed by atoms with Crippen LogP contribution in [0.15, 0.2) is 34.7 Å². The van der Waals surface area contributed by atoms with E-state index in [0.717, 1.165) is 25.9 Å². The summed E-state index contributed by atoms with van der Waals surface area (Å²) in [5, 5.41) is 10.8. The van der Waals surface area contributed by atoms with Crippen molar-refractivity contribution >= 4 is 6.03 Å². The minimum absolute atomic E-state index is 0.00153. The summed E-state index contributed by atoms with van der Waals surface area (Å²) in [6.45, 7) is 7.63. The maximum atomic E-state index is 12.5. The van der Waals surface area contributed by atoms with Gasteiger partial charge >= 0.3 is 6.03 Å². The van der Waals surface area contributed by atoms with E-state index < -0.39 is 0 Å². The zero-order valence-corrected chi connectivity index (χ0v) is 17.2. The average Bonchev–Trinajstić information content (AvgIpc) is 3.06. The molecule has 1 aliphatic heterocycles. The van der Waals surface area contributed by atoms with E-state index in [1.165, 1.54) is 5.56 Å². The van der Waals surface area contributed by atoms with Crippen LogP contribution in [0.2, 0.25) is 0 Å². The Balaban J connectivity index is 1.61. The molecule has 1 atom stereocenters. The molecule has 2 amide bonds. The summed E-state index contributed by atoms with van der Waals surface area (Å²) in [6.07, 6.45) is 2.74. The van der Waals surface area contributed by atoms with Crippen molar-refractivity contribution in [2.24, 2.45) is 0 Å². The highest BCUT2D eigenvalue weighted by molar-refractivity contribution is 5.73. The van der Waals surface area contributed by atoms with Gasteiger partial charge in [0, 0.05) is 32.5 Å². The quantitative estimate of drug-likeness (QED) is 0.823. The van der Waals surface area contributed by atoms with Crippen LogP contribution < -0.4 is 5.32 Å². The maximum absolute atomic E-state index is 12.5. The van der Waals surface area contributed by atoms with Gasteiger partial charge in [0.15, 0.2) is 0 Å². The fourth-order valence-electron chi connectivity index (χ4n) is 4.09. The fourth-order valence-corrected chi connectivity index (χ4v) is 4.09. The minimum Gasteiger partial charge on any atom is -0.424 e. The summed E-state index contributed by atoms with van der Waals surface area (Å²) in [4.78, 5) is 14.0. The van der Waals surface area contributed by atoms with E-state index in [2.05, 4.69) is 53.6 Å². The van der Waals surface area contributed by atoms with E-state index in [1.54, 1.807) is 18.9 Å². The van der Waals surface area contributed by atoms with E-state index in [-0.39, 0.29) is 23.6 Å². The Morgan fingerprint density at radius 3 is 2.64 bits per heavy atom. The topological polar surface area (TPSA) is 80.5 Å². The Morgan fingerprint density at radius 2 is 2.00 bits per heavy atom. The molecule has 0 saturated carbocycles. The number of carbonyl (C=O) groups is 1. The van der Waals surface area contributed by atoms with Gasteiger partial charge in [-0.1, -0.05) is 30.3 Å². The fraction of sp³-hybridized carbons (Fsp3) is 0.571. The highest BCUT2D eigenvalue weighted by Crippen LogP contribution is 2.43. The Morgan fingerprint density at radius 1 is 1.25 bits per heavy atom. The van der Waals surface area contributed by atoms with E-state index in [0.29, 0.717) is 18.3 Å². The van der Waals surface area contributed by atoms with Gasteiger partial charge in [0.05, 0.1) is 5.60 Å². The maximum Gasteiger partial charge on any atom is 0.317 e. The van der Waals surface area contributed by atoms with Crippen molar-refractivity contribution in [2.75, 3.05) is 20.2 Å². The molecule has 1 saturated heterocycles. The van der Waals surface area contributed by atoms with Crippen molar-refractivity contribution < 1.29 is 13.9 Å². The van der Waals surface area contributed by atoms with E-state index in [4.69, 9.17) is 9.15 Å². The molecule has 3 rings (SSSR count). The Bertz CT molecular complexity index is 790. The number of aryl methyl sites for hydroxylation is 1. The second kappa shape index (κ2) is 8.31. The van der Waals surface area contributed by atoms with Crippen LogP contribution in [0, 0.1) is 6.92 Å². The number of nitrogens with one attached hydrogen (secondary N) is 1. The number of aromatic nitrogens is 2. The molecule has 2 heterocycles. The first kappa shape index (κ1) is 20.3. The second-order valence-electron chi connectivity index (χ2n) is 8.23. The molecular formula is C21H30N4O3. The largest absolute Gasteiger partial charge is 0.424 e. The molecule has 7 nitrogen and oxygen atoms in total. The van der Waals surface area contributed by atoms with Crippen molar-refractivity contribution in [1.29, 1.82) is 0 Å². The number of nitrogens with zero attached hydrogens (tertiary/aromatic N) is 3. The lowest BCUT2D eigenvalue weighted by atomic mass is 9.67. The third kappa shape index (κ3) is 4.90. The number of hydrogen-bond donors (Lipinski definition) is 1. The summed E-state index contributed by atoms with van der Waals surface area (Å²) >= 11 is 0. The van der Waals surface area contributed by atoms with Crippen molar-refractivity contribution in [3.8, 4) is 0 Å². The Labute approximate surface area is 166 Å². The highest BCUT2D eigenvalue weighted by Gasteiger charge is 2.41. The van der Waals surface area contributed by atoms with E-state index >= 15 is 0 Å². The van der Waals surface area contributed by atoms with Crippen LogP contribution in [-0.2, 0) is 16.7 Å². The molecule has 0 radical (unpaired) electrons. The lowest BCUT2D eigenvalue weighted by Crippen LogP contribution is -2.46. The predicted molar refractivity (Wildman–Crippen MR) is 106 cm³/mol. The van der Waals surface area contributed by atoms with Gasteiger partial charge in [0.25, 0.3) is 0 Å². The van der Waals surface area contributed by atoms with E-state index in [1.807, 2.05) is 6.07 Å². The van der Waals surface area contributed by atoms with Gasteiger partial charge in [-0.3, -0.25) is 0 Å². The van der Waals surface area contributed by atoms with Gasteiger partial charge in [-0.05, 0) is 38.7 Å². The van der Waals surface area contributed by atoms with Gasteiger partial charge < -0.3 is 19.4 Å². The first-order valence-corrected chi connectivity index (χ1v) is 9.77. The standard InChI is InChI=1S/C21H30N4O3/c1-16-23-24-18(28-16)14-25(4)19(26)22-12-10-21(17-8-6-5-7-9-17)11-13-27-20(2,3)15-21/h5-9H,10-15H2,1-4H3,(H,22,26). The molecule has 1 unspecified atom stereocenters. The molecule has 28 heavy (non-hydrogen) atoms. The molecule has 1 N–H and O–H groups in total. The molecule has 152 valence electrons. The van der Waals surface area contributed by atoms with Gasteiger partial charge in [-0.2, -0.15) is 0 Å². The summed E-state index contributed by atoms with van der Waals surface area (Å²) in [5.41, 5.74) is 1.14. The second-order valence-corrected chi connectivity index (χ2v) is 8.23. The number of carbonyl (C=O) groups excluding carboxylic acids is 1. The number of ether oxygens (including phenoxy) is 1. The molecule has 0 spiro atoms. The first-order valence-electron chi connectivity index (χ1n) is 9.77. The lowest BCUT2D eigenvalue weighted by Gasteiger charge is -2.45.